The van der Waals surface area contributed by atoms with Gasteiger partial charge in [0, 0.05) is 19.5 Å². The molecular formula is C90H146N25O16P5S. The van der Waals surface area contributed by atoms with Gasteiger partial charge in [-0.2, -0.15) is 9.97 Å². The summed E-state index contributed by atoms with van der Waals surface area (Å²) in [6, 6.07) is 0.182. The highest BCUT2D eigenvalue weighted by atomic mass is 32.2. The number of nitrogens with one attached hydrogen (secondary N) is 2. The van der Waals surface area contributed by atoms with Crippen LogP contribution in [0.15, 0.2) is 60.1 Å². The second-order valence-electron chi connectivity index (χ2n) is 39.2. The molecule has 0 aromatic carbocycles. The minimum atomic E-state index is -1.26. The number of allylic oxidation sites excluding steroid dienone is 2. The number of hydrogen-bond donors (Lipinski definition) is 15. The highest BCUT2D eigenvalue weighted by Crippen LogP contribution is 2.47. The standard InChI is InChI=1S/C21H34N5O4P.C21H34N5O3PS.C18H30N5O3P.2C15H24N5O3P/c1-7-13(2)8-10-22-18-15-19(25-21(24-18)29-3)26(12-23-15)20-17(28)16(27)14(30-20)9-11-31(4,5)6;1-7-13(2)8-10-22-18-15-19(25-21(24-18)31-6)26(12-23-15)20-17(28)16(27)14(29-20)9-11-30(3,4)5;1-5-6-7-12-21-16(19)13-17(22-12)23(10-20-13)18-15(25)14(24)11(26-18)8-9-27(2,3)4;2*1-8-18-13(16)10-14(19-8)20(7-17-10)15-12(22)11(21)9(23-15)5-6-24(2,3)4/h8,12,14,16-17,20,27-28H,4,7,9-11H2,1-3,5-6H3,(H,22,24,25);8,12,14,16-17,20,27-28H,3,7,9-11H2,1-2,4-6H3,(H,22,24,25);10-11,14-15,18,24-25H,2,5-9H2,1,3-4H3,(H2,19,21,22);2*7,9,11-12,15,21-22H,2,5-6H2,1,3-4H3,(H2,16,18,19)/b2*13-8-;;;/t2*14-,16-,17-,20-;11-,14-,15-,18-;2*9-,11-,12-,15-/m11111/s1. The number of fused-ring (bicyclic) bond motifs is 5. The van der Waals surface area contributed by atoms with Gasteiger partial charge in [-0.15, -0.1) is 65.9 Å². The number of aliphatic hydroxyl groups excluding tert-OH is 10. The number of rotatable bonds is 33. The van der Waals surface area contributed by atoms with Crippen molar-refractivity contribution in [1.29, 1.82) is 0 Å². The minimum absolute atomic E-state index is 0.182. The number of unbranched alkanes of at least 4 members (excludes halogenated alkanes) is 1. The fourth-order valence-electron chi connectivity index (χ4n) is 16.0. The second kappa shape index (κ2) is 46.6. The lowest BCUT2D eigenvalue weighted by Gasteiger charge is -2.18. The van der Waals surface area contributed by atoms with Gasteiger partial charge in [-0.3, -0.25) is 22.8 Å². The normalized spacial score (nSPS) is 26.1. The summed E-state index contributed by atoms with van der Waals surface area (Å²) in [5.74, 6) is 3.73. The number of anilines is 5. The van der Waals surface area contributed by atoms with E-state index in [4.69, 9.17) is 45.6 Å². The first kappa shape index (κ1) is 110. The zero-order valence-corrected chi connectivity index (χ0v) is 87.7. The van der Waals surface area contributed by atoms with Crippen LogP contribution in [0.4, 0.5) is 29.1 Å². The largest absolute Gasteiger partial charge is 0.467 e. The molecule has 18 N–H and O–H groups in total. The van der Waals surface area contributed by atoms with Crippen LogP contribution in [0, 0.1) is 13.8 Å². The SMILES string of the molecule is C=P(C)(C)CC[C@H]1O[C@@H](n2cnc3c(N)nc(C)nc32)[C@H](O)[C@@H]1O.C=P(C)(C)CC[C@H]1O[C@@H](n2cnc3c(N)nc(C)nc32)[C@H](O)[C@@H]1O.C=P(C)(C)CC[C@H]1O[C@@H](n2cnc3c(N)nc(CCCC)nc32)[C@H](O)[C@@H]1O.C=P(C)(C)CC[C@H]1O[C@@H](n2cnc3c(NC/C=C(/C)CC)nc(OC)nc32)[C@H](O)[C@@H]1O.C=P(C)(C)CC[C@H]1O[C@@H](n2cnc3c(NC/C=C(/C)CC)nc(SC)nc32)[C@H](O)[C@@H]1O. The van der Waals surface area contributed by atoms with E-state index in [1.54, 1.807) is 55.7 Å². The number of hydrogen-bond acceptors (Lipinski definition) is 37. The van der Waals surface area contributed by atoms with Crippen LogP contribution in [-0.2, 0) is 30.1 Å². The summed E-state index contributed by atoms with van der Waals surface area (Å²) >= 11 is 1.43. The van der Waals surface area contributed by atoms with E-state index in [0.717, 1.165) is 62.9 Å². The molecule has 5 aliphatic rings. The molecule has 0 amide bonds. The van der Waals surface area contributed by atoms with Crippen molar-refractivity contribution >= 4 is 163 Å². The first-order valence-corrected chi connectivity index (χ1v) is 62.6. The number of aryl methyl sites for hydroxylation is 3. The molecule has 0 saturated carbocycles. The van der Waals surface area contributed by atoms with E-state index in [1.165, 1.54) is 42.7 Å². The number of imidazole rings is 5. The number of methoxy groups -OCH3 is 1. The summed E-state index contributed by atoms with van der Waals surface area (Å²) in [5.41, 5.74) is 25.4. The van der Waals surface area contributed by atoms with Crippen molar-refractivity contribution in [2.75, 3.05) is 152 Å². The third kappa shape index (κ3) is 27.8. The van der Waals surface area contributed by atoms with Crippen molar-refractivity contribution in [2.24, 2.45) is 0 Å². The predicted molar refractivity (Wildman–Crippen MR) is 558 cm³/mol. The zero-order chi connectivity index (χ0) is 101. The van der Waals surface area contributed by atoms with E-state index in [2.05, 4.69) is 230 Å². The molecule has 10 aromatic rings. The first-order chi connectivity index (χ1) is 64.3. The molecule has 0 unspecified atom stereocenters. The minimum Gasteiger partial charge on any atom is -0.467 e. The van der Waals surface area contributed by atoms with Gasteiger partial charge >= 0.3 is 6.01 Å². The number of thioether (sulfide) groups is 1. The maximum Gasteiger partial charge on any atom is 0.320 e. The molecule has 137 heavy (non-hydrogen) atoms. The van der Waals surface area contributed by atoms with Gasteiger partial charge in [0.2, 0.25) is 0 Å². The number of nitrogen functional groups attached to an aromatic ring is 3. The smallest absolute Gasteiger partial charge is 0.320 e. The molecule has 758 valence electrons. The molecule has 10 aromatic heterocycles. The molecule has 20 atom stereocenters. The average Bonchev–Trinajstić information content (AvgIpc) is 1.63. The molecule has 15 rings (SSSR count). The van der Waals surface area contributed by atoms with Crippen molar-refractivity contribution in [2.45, 2.75) is 241 Å². The summed E-state index contributed by atoms with van der Waals surface area (Å²) in [6.45, 7) is 30.4. The average molecular weight is 2020 g/mol. The van der Waals surface area contributed by atoms with Crippen LogP contribution in [-0.4, -0.2) is 396 Å². The Labute approximate surface area is 805 Å². The predicted octanol–water partition coefficient (Wildman–Crippen LogP) is 7.70. The third-order valence-electron chi connectivity index (χ3n) is 24.2. The third-order valence-corrected chi connectivity index (χ3v) is 32.1. The first-order valence-electron chi connectivity index (χ1n) is 46.1. The van der Waals surface area contributed by atoms with Crippen LogP contribution in [0.2, 0.25) is 0 Å². The Bertz CT molecular complexity index is 5820. The zero-order valence-electron chi connectivity index (χ0n) is 82.4. The van der Waals surface area contributed by atoms with Crippen LogP contribution < -0.4 is 32.6 Å². The lowest BCUT2D eigenvalue weighted by molar-refractivity contribution is -0.0353. The van der Waals surface area contributed by atoms with E-state index in [9.17, 15) is 51.1 Å². The number of nitrogens with zero attached hydrogens (tertiary/aromatic N) is 20. The van der Waals surface area contributed by atoms with Gasteiger partial charge in [0.1, 0.15) is 95.1 Å². The molecule has 5 aliphatic heterocycles. The molecule has 5 fully saturated rings. The van der Waals surface area contributed by atoms with Gasteiger partial charge in [-0.1, -0.05) is 62.3 Å². The van der Waals surface area contributed by atoms with Crippen molar-refractivity contribution in [3.63, 3.8) is 0 Å². The number of aromatic nitrogens is 20. The topological polar surface area (TPSA) is 578 Å². The molecule has 41 nitrogen and oxygen atoms in total. The molecule has 0 aliphatic carbocycles. The molecule has 5 saturated heterocycles. The summed E-state index contributed by atoms with van der Waals surface area (Å²) in [4.78, 5) is 65.4. The van der Waals surface area contributed by atoms with E-state index in [1.807, 2.05) is 6.26 Å². The fraction of sp³-hybridized carbons (Fsp3) is 0.622. The fourth-order valence-corrected chi connectivity index (χ4v) is 21.1. The van der Waals surface area contributed by atoms with E-state index >= 15 is 0 Å². The number of aliphatic hydroxyl groups is 10. The lowest BCUT2D eigenvalue weighted by atomic mass is 10.1. The summed E-state index contributed by atoms with van der Waals surface area (Å²) < 4.78 is 43.5. The number of nitrogens with two attached hydrogens (primary N) is 3. The maximum absolute atomic E-state index is 10.7. The van der Waals surface area contributed by atoms with Crippen molar-refractivity contribution in [1.82, 2.24) is 97.6 Å². The Morgan fingerprint density at radius 1 is 0.401 bits per heavy atom. The Hall–Kier alpha value is -7.72. The van der Waals surface area contributed by atoms with E-state index in [0.29, 0.717) is 141 Å². The summed E-state index contributed by atoms with van der Waals surface area (Å²) in [5, 5.41) is 112. The summed E-state index contributed by atoms with van der Waals surface area (Å²) in [7, 11) is 1.50. The Morgan fingerprint density at radius 2 is 0.679 bits per heavy atom. The molecule has 15 heterocycles. The Morgan fingerprint density at radius 3 is 0.964 bits per heavy atom. The van der Waals surface area contributed by atoms with Crippen LogP contribution >= 0.6 is 46.2 Å². The summed E-state index contributed by atoms with van der Waals surface area (Å²) in [6.07, 6.45) is 31.0. The van der Waals surface area contributed by atoms with Gasteiger partial charge in [-0.05, 0) is 183 Å². The molecule has 0 radical (unpaired) electrons. The maximum atomic E-state index is 10.7. The molecule has 47 heteroatoms. The van der Waals surface area contributed by atoms with Crippen LogP contribution in [0.5, 0.6) is 6.01 Å². The number of ether oxygens (including phenoxy) is 6. The quantitative estimate of drug-likeness (QED) is 0.00810. The van der Waals surface area contributed by atoms with E-state index in [-0.39, 0.29) is 17.6 Å². The van der Waals surface area contributed by atoms with Crippen LogP contribution in [0.1, 0.15) is 141 Å². The van der Waals surface area contributed by atoms with Gasteiger partial charge in [0.25, 0.3) is 0 Å². The lowest BCUT2D eigenvalue weighted by Crippen LogP contribution is -2.31. The Balaban J connectivity index is 0.000000165. The van der Waals surface area contributed by atoms with Gasteiger partial charge in [-0.25, -0.2) is 64.8 Å². The second-order valence-corrected chi connectivity index (χ2v) is 61.6. The van der Waals surface area contributed by atoms with Gasteiger partial charge in [0.15, 0.2) is 105 Å². The van der Waals surface area contributed by atoms with Crippen molar-refractivity contribution in [3.05, 3.63) is 72.4 Å². The molecular weight excluding hydrogens is 1870 g/mol. The Kier molecular flexibility index (Phi) is 37.3. The highest BCUT2D eigenvalue weighted by molar-refractivity contribution is 7.98. The van der Waals surface area contributed by atoms with Gasteiger partial charge in [0.05, 0.1) is 69.3 Å². The van der Waals surface area contributed by atoms with Crippen LogP contribution in [0.25, 0.3) is 55.8 Å². The molecule has 0 spiro atoms. The van der Waals surface area contributed by atoms with Gasteiger partial charge < -0.3 is 107 Å². The molecule has 0 bridgehead atoms. The van der Waals surface area contributed by atoms with E-state index < -0.39 is 157 Å². The van der Waals surface area contributed by atoms with Crippen molar-refractivity contribution in [3.8, 4) is 6.01 Å². The van der Waals surface area contributed by atoms with Crippen molar-refractivity contribution < 1.29 is 79.5 Å². The highest BCUT2D eigenvalue weighted by Gasteiger charge is 2.50. The van der Waals surface area contributed by atoms with Crippen LogP contribution in [0.3, 0.4) is 0 Å². The monoisotopic (exact) mass is 2020 g/mol.